The Kier molecular flexibility index (Phi) is 2.97. The Morgan fingerprint density at radius 2 is 2.36 bits per heavy atom. The monoisotopic (exact) mass is 174 g/mol. The van der Waals surface area contributed by atoms with Gasteiger partial charge in [-0.25, -0.2) is 0 Å². The van der Waals surface area contributed by atoms with Crippen molar-refractivity contribution in [2.45, 2.75) is 43.1 Å². The van der Waals surface area contributed by atoms with Crippen molar-refractivity contribution in [1.29, 1.82) is 0 Å². The SMILES string of the molecule is C=CCC1(O)CCCCC1Cl. The second-order valence-electron chi connectivity index (χ2n) is 3.31. The maximum Gasteiger partial charge on any atom is 0.0844 e. The molecule has 0 aromatic carbocycles. The lowest BCUT2D eigenvalue weighted by Gasteiger charge is -2.35. The van der Waals surface area contributed by atoms with Crippen LogP contribution in [0.2, 0.25) is 0 Å². The summed E-state index contributed by atoms with van der Waals surface area (Å²) in [5.74, 6) is 0. The predicted octanol–water partition coefficient (Wildman–Crippen LogP) is 2.48. The summed E-state index contributed by atoms with van der Waals surface area (Å²) in [5.41, 5.74) is -0.665. The smallest absolute Gasteiger partial charge is 0.0844 e. The zero-order chi connectivity index (χ0) is 8.32. The molecule has 1 rings (SSSR count). The fraction of sp³-hybridized carbons (Fsp3) is 0.778. The van der Waals surface area contributed by atoms with Crippen molar-refractivity contribution in [3.05, 3.63) is 12.7 Å². The minimum absolute atomic E-state index is 0.0748. The Bertz CT molecular complexity index is 146. The van der Waals surface area contributed by atoms with Gasteiger partial charge in [0.15, 0.2) is 0 Å². The van der Waals surface area contributed by atoms with Gasteiger partial charge in [0, 0.05) is 0 Å². The van der Waals surface area contributed by atoms with Crippen molar-refractivity contribution in [1.82, 2.24) is 0 Å². The Hall–Kier alpha value is -0.0100. The van der Waals surface area contributed by atoms with Crippen LogP contribution in [0, 0.1) is 0 Å². The van der Waals surface area contributed by atoms with Crippen LogP contribution in [0.25, 0.3) is 0 Å². The van der Waals surface area contributed by atoms with Crippen molar-refractivity contribution in [2.24, 2.45) is 0 Å². The molecule has 0 saturated heterocycles. The molecule has 2 unspecified atom stereocenters. The number of hydrogen-bond acceptors (Lipinski definition) is 1. The molecule has 11 heavy (non-hydrogen) atoms. The summed E-state index contributed by atoms with van der Waals surface area (Å²) in [6.07, 6.45) is 6.38. The fourth-order valence-electron chi connectivity index (χ4n) is 1.66. The second kappa shape index (κ2) is 3.59. The summed E-state index contributed by atoms with van der Waals surface area (Å²) in [7, 11) is 0. The Morgan fingerprint density at radius 1 is 1.64 bits per heavy atom. The normalized spacial score (nSPS) is 38.5. The van der Waals surface area contributed by atoms with Crippen LogP contribution in [0.15, 0.2) is 12.7 Å². The fourth-order valence-corrected chi connectivity index (χ4v) is 2.01. The van der Waals surface area contributed by atoms with E-state index in [1.54, 1.807) is 6.08 Å². The van der Waals surface area contributed by atoms with Crippen molar-refractivity contribution >= 4 is 11.6 Å². The highest BCUT2D eigenvalue weighted by molar-refractivity contribution is 6.21. The number of aliphatic hydroxyl groups is 1. The van der Waals surface area contributed by atoms with Gasteiger partial charge in [-0.2, -0.15) is 0 Å². The third-order valence-corrected chi connectivity index (χ3v) is 3.02. The minimum atomic E-state index is -0.665. The van der Waals surface area contributed by atoms with E-state index in [0.29, 0.717) is 6.42 Å². The maximum atomic E-state index is 9.94. The molecule has 0 bridgehead atoms. The summed E-state index contributed by atoms with van der Waals surface area (Å²) in [6, 6.07) is 0. The lowest BCUT2D eigenvalue weighted by Crippen LogP contribution is -2.41. The molecule has 1 fully saturated rings. The number of hydrogen-bond donors (Lipinski definition) is 1. The first-order valence-corrected chi connectivity index (χ1v) is 4.60. The van der Waals surface area contributed by atoms with Crippen LogP contribution in [-0.2, 0) is 0 Å². The van der Waals surface area contributed by atoms with E-state index in [1.807, 2.05) is 0 Å². The molecule has 0 aliphatic heterocycles. The molecule has 1 nitrogen and oxygen atoms in total. The predicted molar refractivity (Wildman–Crippen MR) is 47.9 cm³/mol. The van der Waals surface area contributed by atoms with Gasteiger partial charge in [0.05, 0.1) is 11.0 Å². The van der Waals surface area contributed by atoms with E-state index in [4.69, 9.17) is 11.6 Å². The zero-order valence-corrected chi connectivity index (χ0v) is 7.48. The first-order valence-electron chi connectivity index (χ1n) is 4.16. The zero-order valence-electron chi connectivity index (χ0n) is 6.72. The molecule has 0 spiro atoms. The highest BCUT2D eigenvalue weighted by Gasteiger charge is 2.36. The van der Waals surface area contributed by atoms with Crippen LogP contribution in [0.1, 0.15) is 32.1 Å². The van der Waals surface area contributed by atoms with Crippen molar-refractivity contribution in [3.8, 4) is 0 Å². The second-order valence-corrected chi connectivity index (χ2v) is 3.84. The average Bonchev–Trinajstić information content (AvgIpc) is 1.96. The minimum Gasteiger partial charge on any atom is -0.388 e. The van der Waals surface area contributed by atoms with Gasteiger partial charge in [0.25, 0.3) is 0 Å². The molecular formula is C9H15ClO. The topological polar surface area (TPSA) is 20.2 Å². The van der Waals surface area contributed by atoms with Crippen LogP contribution < -0.4 is 0 Å². The molecule has 1 aliphatic rings. The van der Waals surface area contributed by atoms with Gasteiger partial charge in [-0.1, -0.05) is 18.9 Å². The van der Waals surface area contributed by atoms with Gasteiger partial charge >= 0.3 is 0 Å². The van der Waals surface area contributed by atoms with Gasteiger partial charge in [-0.3, -0.25) is 0 Å². The molecule has 1 saturated carbocycles. The van der Waals surface area contributed by atoms with E-state index < -0.39 is 5.60 Å². The Morgan fingerprint density at radius 3 is 2.91 bits per heavy atom. The molecule has 0 radical (unpaired) electrons. The van der Waals surface area contributed by atoms with Gasteiger partial charge in [-0.05, 0) is 19.3 Å². The van der Waals surface area contributed by atoms with Crippen LogP contribution in [-0.4, -0.2) is 16.1 Å². The molecule has 0 aromatic rings. The summed E-state index contributed by atoms with van der Waals surface area (Å²) < 4.78 is 0. The van der Waals surface area contributed by atoms with Gasteiger partial charge in [0.2, 0.25) is 0 Å². The third-order valence-electron chi connectivity index (χ3n) is 2.40. The lowest BCUT2D eigenvalue weighted by atomic mass is 9.82. The summed E-state index contributed by atoms with van der Waals surface area (Å²) in [4.78, 5) is 0. The van der Waals surface area contributed by atoms with Crippen molar-refractivity contribution in [2.75, 3.05) is 0 Å². The quantitative estimate of drug-likeness (QED) is 0.504. The molecule has 64 valence electrons. The van der Waals surface area contributed by atoms with E-state index in [9.17, 15) is 5.11 Å². The molecule has 2 atom stereocenters. The number of alkyl halides is 1. The van der Waals surface area contributed by atoms with E-state index in [1.165, 1.54) is 0 Å². The number of halogens is 1. The molecule has 2 heteroatoms. The van der Waals surface area contributed by atoms with Crippen molar-refractivity contribution in [3.63, 3.8) is 0 Å². The standard InChI is InChI=1S/C9H15ClO/c1-2-6-9(11)7-4-3-5-8(9)10/h2,8,11H,1,3-7H2. The molecule has 1 aliphatic carbocycles. The van der Waals surface area contributed by atoms with Gasteiger partial charge < -0.3 is 5.11 Å². The van der Waals surface area contributed by atoms with E-state index in [2.05, 4.69) is 6.58 Å². The third kappa shape index (κ3) is 1.97. The van der Waals surface area contributed by atoms with Gasteiger partial charge in [-0.15, -0.1) is 18.2 Å². The van der Waals surface area contributed by atoms with E-state index in [-0.39, 0.29) is 5.38 Å². The average molecular weight is 175 g/mol. The Balaban J connectivity index is 2.56. The van der Waals surface area contributed by atoms with Crippen molar-refractivity contribution < 1.29 is 5.11 Å². The largest absolute Gasteiger partial charge is 0.388 e. The molecule has 1 N–H and O–H groups in total. The van der Waals surface area contributed by atoms with Gasteiger partial charge in [0.1, 0.15) is 0 Å². The molecule has 0 amide bonds. The first-order chi connectivity index (χ1) is 5.19. The van der Waals surface area contributed by atoms with E-state index >= 15 is 0 Å². The number of rotatable bonds is 2. The highest BCUT2D eigenvalue weighted by atomic mass is 35.5. The lowest BCUT2D eigenvalue weighted by molar-refractivity contribution is 0.0113. The van der Waals surface area contributed by atoms with Crippen LogP contribution in [0.4, 0.5) is 0 Å². The molecule has 0 heterocycles. The first kappa shape index (κ1) is 9.08. The molecule has 0 aromatic heterocycles. The summed E-state index contributed by atoms with van der Waals surface area (Å²) in [5, 5.41) is 9.86. The van der Waals surface area contributed by atoms with Crippen LogP contribution in [0.5, 0.6) is 0 Å². The van der Waals surface area contributed by atoms with E-state index in [0.717, 1.165) is 25.7 Å². The van der Waals surface area contributed by atoms with Crippen LogP contribution in [0.3, 0.4) is 0 Å². The Labute approximate surface area is 73.1 Å². The summed E-state index contributed by atoms with van der Waals surface area (Å²) in [6.45, 7) is 3.62. The molecular weight excluding hydrogens is 160 g/mol. The highest BCUT2D eigenvalue weighted by Crippen LogP contribution is 2.34. The van der Waals surface area contributed by atoms with Crippen LogP contribution >= 0.6 is 11.6 Å². The maximum absolute atomic E-state index is 9.94. The summed E-state index contributed by atoms with van der Waals surface area (Å²) >= 11 is 6.00.